The maximum absolute atomic E-state index is 13.5. The van der Waals surface area contributed by atoms with Gasteiger partial charge in [-0.15, -0.1) is 0 Å². The van der Waals surface area contributed by atoms with Gasteiger partial charge in [-0.05, 0) is 51.4 Å². The molecule has 2 N–H and O–H groups in total. The Morgan fingerprint density at radius 1 is 1.00 bits per heavy atom. The lowest BCUT2D eigenvalue weighted by molar-refractivity contribution is -0.147. The fourth-order valence-corrected chi connectivity index (χ4v) is 5.79. The Balaban J connectivity index is 1.41. The zero-order chi connectivity index (χ0) is 17.7. The summed E-state index contributed by atoms with van der Waals surface area (Å²) in [7, 11) is 0. The molecule has 0 radical (unpaired) electrons. The number of aromatic nitrogens is 2. The van der Waals surface area contributed by atoms with Crippen LogP contribution >= 0.6 is 0 Å². The first-order valence-corrected chi connectivity index (χ1v) is 10.4. The lowest BCUT2D eigenvalue weighted by Gasteiger charge is -2.42. The first-order valence-electron chi connectivity index (χ1n) is 10.4. The summed E-state index contributed by atoms with van der Waals surface area (Å²) in [5.41, 5.74) is 8.17. The Kier molecular flexibility index (Phi) is 3.83. The minimum Gasteiger partial charge on any atom is -0.368 e. The summed E-state index contributed by atoms with van der Waals surface area (Å²) in [6, 6.07) is 0.493. The number of hydrogen-bond acceptors (Lipinski definition) is 5. The van der Waals surface area contributed by atoms with E-state index in [1.54, 1.807) is 0 Å². The van der Waals surface area contributed by atoms with Gasteiger partial charge in [0.15, 0.2) is 0 Å². The average molecular weight is 355 g/mol. The number of nitrogen functional groups attached to an aromatic ring is 1. The normalized spacial score (nSPS) is 29.2. The highest BCUT2D eigenvalue weighted by molar-refractivity contribution is 5.85. The number of hydrogen-bond donors (Lipinski definition) is 1. The fourth-order valence-electron chi connectivity index (χ4n) is 5.79. The topological polar surface area (TPSA) is 75.3 Å². The molecule has 4 aliphatic rings. The van der Waals surface area contributed by atoms with E-state index in [9.17, 15) is 4.79 Å². The van der Waals surface area contributed by atoms with Gasteiger partial charge in [-0.2, -0.15) is 4.98 Å². The van der Waals surface area contributed by atoms with Crippen LogP contribution in [-0.2, 0) is 17.6 Å². The molecule has 1 atom stereocenters. The van der Waals surface area contributed by atoms with Gasteiger partial charge in [-0.1, -0.05) is 12.8 Å². The number of carbonyl (C=O) groups excluding carboxylic acids is 1. The minimum atomic E-state index is -0.202. The molecule has 0 bridgehead atoms. The van der Waals surface area contributed by atoms with Gasteiger partial charge < -0.3 is 15.5 Å². The number of likely N-dealkylation sites (tertiary alicyclic amines) is 1. The van der Waals surface area contributed by atoms with Crippen molar-refractivity contribution < 1.29 is 4.79 Å². The molecule has 0 unspecified atom stereocenters. The molecule has 1 aromatic heterocycles. The third-order valence-corrected chi connectivity index (χ3v) is 7.12. The molecule has 1 spiro atoms. The molecule has 3 heterocycles. The van der Waals surface area contributed by atoms with Gasteiger partial charge in [-0.3, -0.25) is 4.79 Å². The molecule has 1 aromatic rings. The number of nitrogens with two attached hydrogens (primary N) is 1. The van der Waals surface area contributed by atoms with E-state index in [1.165, 1.54) is 31.2 Å². The standard InChI is InChI=1S/C20H29N5O/c21-19-22-16-8-3-7-15(16)17(23-19)24-12-10-20(13-24)9-4-11-25(18(20)26)14-5-1-2-6-14/h14H,1-13H2,(H2,21,22,23)/t20-/m1/s1. The van der Waals surface area contributed by atoms with Crippen molar-refractivity contribution in [1.29, 1.82) is 0 Å². The highest BCUT2D eigenvalue weighted by atomic mass is 16.2. The number of rotatable bonds is 2. The summed E-state index contributed by atoms with van der Waals surface area (Å²) in [6.45, 7) is 2.67. The molecule has 3 fully saturated rings. The van der Waals surface area contributed by atoms with Crippen LogP contribution in [0.3, 0.4) is 0 Å². The molecule has 2 aliphatic heterocycles. The van der Waals surface area contributed by atoms with Gasteiger partial charge in [0.1, 0.15) is 5.82 Å². The number of carbonyl (C=O) groups is 1. The van der Waals surface area contributed by atoms with Crippen LogP contribution in [0.15, 0.2) is 0 Å². The van der Waals surface area contributed by atoms with E-state index in [1.807, 2.05) is 0 Å². The molecule has 2 aliphatic carbocycles. The van der Waals surface area contributed by atoms with Crippen LogP contribution in [0, 0.1) is 5.41 Å². The Morgan fingerprint density at radius 3 is 2.69 bits per heavy atom. The van der Waals surface area contributed by atoms with E-state index >= 15 is 0 Å². The molecular weight excluding hydrogens is 326 g/mol. The van der Waals surface area contributed by atoms with Gasteiger partial charge in [0.05, 0.1) is 11.1 Å². The maximum Gasteiger partial charge on any atom is 0.230 e. The highest BCUT2D eigenvalue weighted by Gasteiger charge is 2.50. The smallest absolute Gasteiger partial charge is 0.230 e. The zero-order valence-corrected chi connectivity index (χ0v) is 15.5. The zero-order valence-electron chi connectivity index (χ0n) is 15.5. The van der Waals surface area contributed by atoms with Crippen LogP contribution in [0.4, 0.5) is 11.8 Å². The summed E-state index contributed by atoms with van der Waals surface area (Å²) in [4.78, 5) is 27.1. The average Bonchev–Trinajstić information content (AvgIpc) is 3.37. The third-order valence-electron chi connectivity index (χ3n) is 7.12. The Labute approximate surface area is 155 Å². The van der Waals surface area contributed by atoms with E-state index in [2.05, 4.69) is 19.8 Å². The number of anilines is 2. The van der Waals surface area contributed by atoms with Crippen molar-refractivity contribution in [3.05, 3.63) is 11.3 Å². The molecule has 6 heteroatoms. The summed E-state index contributed by atoms with van der Waals surface area (Å²) in [5.74, 6) is 1.80. The van der Waals surface area contributed by atoms with Crippen LogP contribution in [0.1, 0.15) is 62.6 Å². The lowest BCUT2D eigenvalue weighted by Crippen LogP contribution is -2.53. The van der Waals surface area contributed by atoms with Crippen molar-refractivity contribution >= 4 is 17.7 Å². The van der Waals surface area contributed by atoms with Gasteiger partial charge in [0.25, 0.3) is 0 Å². The molecule has 0 aromatic carbocycles. The Bertz CT molecular complexity index is 729. The first-order chi connectivity index (χ1) is 12.7. The van der Waals surface area contributed by atoms with Gasteiger partial charge in [-0.25, -0.2) is 4.98 Å². The Morgan fingerprint density at radius 2 is 1.85 bits per heavy atom. The lowest BCUT2D eigenvalue weighted by atomic mass is 9.77. The van der Waals surface area contributed by atoms with Crippen LogP contribution in [0.2, 0.25) is 0 Å². The van der Waals surface area contributed by atoms with Crippen LogP contribution in [0.5, 0.6) is 0 Å². The van der Waals surface area contributed by atoms with E-state index in [4.69, 9.17) is 5.73 Å². The maximum atomic E-state index is 13.5. The fraction of sp³-hybridized carbons (Fsp3) is 0.750. The number of amides is 1. The summed E-state index contributed by atoms with van der Waals surface area (Å²) < 4.78 is 0. The second kappa shape index (κ2) is 6.10. The van der Waals surface area contributed by atoms with Crippen LogP contribution in [-0.4, -0.2) is 46.5 Å². The predicted octanol–water partition coefficient (Wildman–Crippen LogP) is 2.31. The Hall–Kier alpha value is -1.85. The molecule has 6 nitrogen and oxygen atoms in total. The highest BCUT2D eigenvalue weighted by Crippen LogP contribution is 2.44. The van der Waals surface area contributed by atoms with Crippen molar-refractivity contribution in [3.8, 4) is 0 Å². The monoisotopic (exact) mass is 355 g/mol. The van der Waals surface area contributed by atoms with Crippen molar-refractivity contribution in [1.82, 2.24) is 14.9 Å². The molecule has 5 rings (SSSR count). The summed E-state index contributed by atoms with van der Waals surface area (Å²) in [5, 5.41) is 0. The largest absolute Gasteiger partial charge is 0.368 e. The molecule has 140 valence electrons. The van der Waals surface area contributed by atoms with Crippen LogP contribution in [0.25, 0.3) is 0 Å². The van der Waals surface area contributed by atoms with Crippen LogP contribution < -0.4 is 10.6 Å². The number of nitrogens with zero attached hydrogens (tertiary/aromatic N) is 4. The SMILES string of the molecule is Nc1nc2c(c(N3CC[C@]4(CCCN(C5CCCC5)C4=O)C3)n1)CCC2. The molecule has 2 saturated heterocycles. The summed E-state index contributed by atoms with van der Waals surface area (Å²) in [6.07, 6.45) is 11.2. The van der Waals surface area contributed by atoms with E-state index in [0.29, 0.717) is 17.9 Å². The van der Waals surface area contributed by atoms with Crippen molar-refractivity contribution in [2.24, 2.45) is 5.41 Å². The summed E-state index contributed by atoms with van der Waals surface area (Å²) >= 11 is 0. The third kappa shape index (κ3) is 2.48. The minimum absolute atomic E-state index is 0.202. The molecule has 26 heavy (non-hydrogen) atoms. The van der Waals surface area contributed by atoms with Gasteiger partial charge in [0.2, 0.25) is 11.9 Å². The number of aryl methyl sites for hydroxylation is 1. The van der Waals surface area contributed by atoms with Crippen molar-refractivity contribution in [3.63, 3.8) is 0 Å². The van der Waals surface area contributed by atoms with Crippen molar-refractivity contribution in [2.75, 3.05) is 30.3 Å². The molecular formula is C20H29N5O. The van der Waals surface area contributed by atoms with E-state index in [0.717, 1.165) is 69.7 Å². The first kappa shape index (κ1) is 16.3. The molecule has 1 amide bonds. The van der Waals surface area contributed by atoms with Crippen molar-refractivity contribution in [2.45, 2.75) is 70.3 Å². The predicted molar refractivity (Wildman–Crippen MR) is 101 cm³/mol. The quantitative estimate of drug-likeness (QED) is 0.881. The van der Waals surface area contributed by atoms with Gasteiger partial charge in [0, 0.05) is 31.2 Å². The molecule has 1 saturated carbocycles. The van der Waals surface area contributed by atoms with E-state index < -0.39 is 0 Å². The van der Waals surface area contributed by atoms with Gasteiger partial charge >= 0.3 is 0 Å². The number of piperidine rings is 1. The second-order valence-electron chi connectivity index (χ2n) is 8.68. The van der Waals surface area contributed by atoms with E-state index in [-0.39, 0.29) is 5.41 Å². The number of fused-ring (bicyclic) bond motifs is 1. The second-order valence-corrected chi connectivity index (χ2v) is 8.68.